The maximum atomic E-state index is 11.6. The second-order valence-corrected chi connectivity index (χ2v) is 5.25. The van der Waals surface area contributed by atoms with Crippen molar-refractivity contribution in [2.24, 2.45) is 0 Å². The summed E-state index contributed by atoms with van der Waals surface area (Å²) in [6, 6.07) is 4.67. The summed E-state index contributed by atoms with van der Waals surface area (Å²) in [6.45, 7) is 0.275. The van der Waals surface area contributed by atoms with E-state index in [2.05, 4.69) is 10.9 Å². The van der Waals surface area contributed by atoms with Crippen molar-refractivity contribution in [2.45, 2.75) is 18.9 Å². The molecule has 0 spiro atoms. The zero-order valence-corrected chi connectivity index (χ0v) is 12.5. The molecule has 8 heteroatoms. The summed E-state index contributed by atoms with van der Waals surface area (Å²) in [5.74, 6) is -0.542. The molecule has 0 bridgehead atoms. The van der Waals surface area contributed by atoms with Crippen LogP contribution in [0.5, 0.6) is 5.75 Å². The number of ether oxygens (including phenoxy) is 2. The average Bonchev–Trinajstić information content (AvgIpc) is 2.98. The number of hydrogen-bond donors (Lipinski definition) is 2. The van der Waals surface area contributed by atoms with Gasteiger partial charge in [0.25, 0.3) is 11.8 Å². The minimum atomic E-state index is -0.507. The first kappa shape index (κ1) is 15.9. The fraction of sp³-hybridized carbons (Fsp3) is 0.385. The van der Waals surface area contributed by atoms with Crippen LogP contribution in [-0.4, -0.2) is 31.1 Å². The van der Waals surface area contributed by atoms with Crippen molar-refractivity contribution in [3.63, 3.8) is 0 Å². The second-order valence-electron chi connectivity index (χ2n) is 4.40. The number of hydrogen-bond acceptors (Lipinski definition) is 4. The predicted octanol–water partition coefficient (Wildman–Crippen LogP) is 1.70. The molecule has 1 unspecified atom stereocenters. The largest absolute Gasteiger partial charge is 0.482 e. The van der Waals surface area contributed by atoms with Crippen LogP contribution in [0, 0.1) is 0 Å². The molecule has 0 aromatic heterocycles. The molecule has 21 heavy (non-hydrogen) atoms. The topological polar surface area (TPSA) is 76.7 Å². The number of benzene rings is 1. The first-order valence-electron chi connectivity index (χ1n) is 6.34. The molecule has 114 valence electrons. The van der Waals surface area contributed by atoms with E-state index in [1.165, 1.54) is 6.07 Å². The first-order valence-corrected chi connectivity index (χ1v) is 7.10. The lowest BCUT2D eigenvalue weighted by Crippen LogP contribution is -2.47. The zero-order chi connectivity index (χ0) is 15.2. The lowest BCUT2D eigenvalue weighted by Gasteiger charge is -2.12. The van der Waals surface area contributed by atoms with E-state index in [0.29, 0.717) is 28.8 Å². The standard InChI is InChI=1S/C13H14Cl2N2O4/c14-8-3-4-10(9(15)6-8)21-7-12(18)16-17-13(19)11-2-1-5-20-11/h3-4,6,11H,1-2,5,7H2,(H,16,18)(H,17,19). The Bertz CT molecular complexity index is 533. The molecule has 1 aromatic carbocycles. The van der Waals surface area contributed by atoms with Crippen LogP contribution in [0.2, 0.25) is 10.0 Å². The highest BCUT2D eigenvalue weighted by Gasteiger charge is 2.23. The van der Waals surface area contributed by atoms with Gasteiger partial charge in [-0.15, -0.1) is 0 Å². The second kappa shape index (κ2) is 7.49. The highest BCUT2D eigenvalue weighted by Crippen LogP contribution is 2.27. The van der Waals surface area contributed by atoms with Gasteiger partial charge in [-0.2, -0.15) is 0 Å². The number of rotatable bonds is 4. The van der Waals surface area contributed by atoms with Gasteiger partial charge in [0.2, 0.25) is 0 Å². The molecule has 2 amide bonds. The maximum absolute atomic E-state index is 11.6. The minimum absolute atomic E-state index is 0.285. The molecule has 0 radical (unpaired) electrons. The summed E-state index contributed by atoms with van der Waals surface area (Å²) in [7, 11) is 0. The van der Waals surface area contributed by atoms with Gasteiger partial charge in [-0.05, 0) is 31.0 Å². The number of carbonyl (C=O) groups excluding carboxylic acids is 2. The fourth-order valence-corrected chi connectivity index (χ4v) is 2.23. The highest BCUT2D eigenvalue weighted by atomic mass is 35.5. The number of amides is 2. The van der Waals surface area contributed by atoms with Crippen molar-refractivity contribution < 1.29 is 19.1 Å². The van der Waals surface area contributed by atoms with Crippen LogP contribution in [0.25, 0.3) is 0 Å². The van der Waals surface area contributed by atoms with Gasteiger partial charge < -0.3 is 9.47 Å². The van der Waals surface area contributed by atoms with Gasteiger partial charge >= 0.3 is 0 Å². The molecule has 1 fully saturated rings. The molecule has 1 atom stereocenters. The van der Waals surface area contributed by atoms with Crippen molar-refractivity contribution in [2.75, 3.05) is 13.2 Å². The van der Waals surface area contributed by atoms with Gasteiger partial charge in [0, 0.05) is 11.6 Å². The van der Waals surface area contributed by atoms with Crippen LogP contribution in [0.3, 0.4) is 0 Å². The molecule has 1 heterocycles. The van der Waals surface area contributed by atoms with Crippen molar-refractivity contribution in [1.82, 2.24) is 10.9 Å². The van der Waals surface area contributed by atoms with Gasteiger partial charge in [-0.3, -0.25) is 20.4 Å². The van der Waals surface area contributed by atoms with Gasteiger partial charge in [0.15, 0.2) is 6.61 Å². The van der Waals surface area contributed by atoms with Crippen molar-refractivity contribution >= 4 is 35.0 Å². The SMILES string of the molecule is O=C(COc1ccc(Cl)cc1Cl)NNC(=O)C1CCCO1. The molecule has 2 rings (SSSR count). The third kappa shape index (κ3) is 4.77. The Morgan fingerprint density at radius 1 is 1.33 bits per heavy atom. The summed E-state index contributed by atoms with van der Waals surface area (Å²) in [5, 5.41) is 0.777. The number of nitrogens with one attached hydrogen (secondary N) is 2. The van der Waals surface area contributed by atoms with E-state index in [0.717, 1.165) is 6.42 Å². The van der Waals surface area contributed by atoms with Crippen LogP contribution in [0.15, 0.2) is 18.2 Å². The van der Waals surface area contributed by atoms with Crippen molar-refractivity contribution in [3.05, 3.63) is 28.2 Å². The van der Waals surface area contributed by atoms with Crippen LogP contribution < -0.4 is 15.6 Å². The van der Waals surface area contributed by atoms with Gasteiger partial charge in [0.1, 0.15) is 11.9 Å². The van der Waals surface area contributed by atoms with E-state index in [4.69, 9.17) is 32.7 Å². The van der Waals surface area contributed by atoms with E-state index < -0.39 is 12.0 Å². The van der Waals surface area contributed by atoms with E-state index in [-0.39, 0.29) is 12.5 Å². The minimum Gasteiger partial charge on any atom is -0.482 e. The quantitative estimate of drug-likeness (QED) is 0.823. The van der Waals surface area contributed by atoms with Gasteiger partial charge in [-0.25, -0.2) is 0 Å². The van der Waals surface area contributed by atoms with E-state index in [9.17, 15) is 9.59 Å². The lowest BCUT2D eigenvalue weighted by atomic mass is 10.2. The predicted molar refractivity (Wildman–Crippen MR) is 77.2 cm³/mol. The van der Waals surface area contributed by atoms with Crippen LogP contribution in [0.1, 0.15) is 12.8 Å². The molecule has 2 N–H and O–H groups in total. The van der Waals surface area contributed by atoms with E-state index >= 15 is 0 Å². The number of carbonyl (C=O) groups is 2. The smallest absolute Gasteiger partial charge is 0.276 e. The number of hydrazine groups is 1. The molecular formula is C13H14Cl2N2O4. The molecule has 1 aromatic rings. The van der Waals surface area contributed by atoms with E-state index in [1.54, 1.807) is 12.1 Å². The maximum Gasteiger partial charge on any atom is 0.276 e. The third-order valence-corrected chi connectivity index (χ3v) is 3.33. The molecule has 6 nitrogen and oxygen atoms in total. The Hall–Kier alpha value is -1.50. The summed E-state index contributed by atoms with van der Waals surface area (Å²) in [5.41, 5.74) is 4.53. The molecule has 1 aliphatic heterocycles. The van der Waals surface area contributed by atoms with Crippen LogP contribution in [0.4, 0.5) is 0 Å². The number of halogens is 2. The Morgan fingerprint density at radius 3 is 2.81 bits per heavy atom. The summed E-state index contributed by atoms with van der Waals surface area (Å²) < 4.78 is 10.4. The monoisotopic (exact) mass is 332 g/mol. The average molecular weight is 333 g/mol. The molecule has 0 aliphatic carbocycles. The fourth-order valence-electron chi connectivity index (χ4n) is 1.77. The Balaban J connectivity index is 1.73. The Kier molecular flexibility index (Phi) is 5.67. The first-order chi connectivity index (χ1) is 10.1. The van der Waals surface area contributed by atoms with Gasteiger partial charge in [-0.1, -0.05) is 23.2 Å². The molecule has 0 saturated carbocycles. The summed E-state index contributed by atoms with van der Waals surface area (Å²) in [4.78, 5) is 23.1. The van der Waals surface area contributed by atoms with Crippen molar-refractivity contribution in [1.29, 1.82) is 0 Å². The Morgan fingerprint density at radius 2 is 2.14 bits per heavy atom. The third-order valence-electron chi connectivity index (χ3n) is 2.80. The van der Waals surface area contributed by atoms with Gasteiger partial charge in [0.05, 0.1) is 5.02 Å². The molecular weight excluding hydrogens is 319 g/mol. The summed E-state index contributed by atoms with van der Waals surface area (Å²) in [6.07, 6.45) is 0.986. The molecule has 1 saturated heterocycles. The zero-order valence-electron chi connectivity index (χ0n) is 11.0. The van der Waals surface area contributed by atoms with Crippen LogP contribution >= 0.6 is 23.2 Å². The van der Waals surface area contributed by atoms with Crippen molar-refractivity contribution in [3.8, 4) is 5.75 Å². The molecule has 1 aliphatic rings. The lowest BCUT2D eigenvalue weighted by molar-refractivity contribution is -0.135. The summed E-state index contributed by atoms with van der Waals surface area (Å²) >= 11 is 11.6. The normalized spacial score (nSPS) is 17.3. The van der Waals surface area contributed by atoms with Crippen LogP contribution in [-0.2, 0) is 14.3 Å². The highest BCUT2D eigenvalue weighted by molar-refractivity contribution is 6.35. The van der Waals surface area contributed by atoms with E-state index in [1.807, 2.05) is 0 Å². The Labute approximate surface area is 131 Å².